The molecule has 0 bridgehead atoms. The normalized spacial score (nSPS) is 19.4. The fourth-order valence-corrected chi connectivity index (χ4v) is 4.44. The van der Waals surface area contributed by atoms with Crippen molar-refractivity contribution in [2.45, 2.75) is 32.1 Å². The van der Waals surface area contributed by atoms with Crippen molar-refractivity contribution in [1.29, 1.82) is 0 Å². The molecule has 0 saturated heterocycles. The molecule has 1 aliphatic rings. The summed E-state index contributed by atoms with van der Waals surface area (Å²) in [5, 5.41) is 11.7. The number of allylic oxidation sites excluding steroid dienone is 1. The molecule has 1 aliphatic heterocycles. The van der Waals surface area contributed by atoms with Crippen molar-refractivity contribution >= 4 is 16.9 Å². The van der Waals surface area contributed by atoms with Gasteiger partial charge in [-0.1, -0.05) is 42.5 Å². The fraction of sp³-hybridized carbons (Fsp3) is 0.429. The van der Waals surface area contributed by atoms with E-state index in [1.165, 1.54) is 0 Å². The Morgan fingerprint density at radius 3 is 2.57 bits per heavy atom. The molecule has 9 heteroatoms. The van der Waals surface area contributed by atoms with Gasteiger partial charge in [-0.15, -0.1) is 0 Å². The summed E-state index contributed by atoms with van der Waals surface area (Å²) < 4.78 is 23.1. The third-order valence-electron chi connectivity index (χ3n) is 6.18. The summed E-state index contributed by atoms with van der Waals surface area (Å²) in [6, 6.07) is 17.8. The number of fused-ring (bicyclic) bond motifs is 1. The van der Waals surface area contributed by atoms with E-state index in [-0.39, 0.29) is 36.7 Å². The number of amides is 1. The maximum Gasteiger partial charge on any atom is 0.286 e. The van der Waals surface area contributed by atoms with Gasteiger partial charge in [0.1, 0.15) is 5.82 Å². The zero-order chi connectivity index (χ0) is 25.9. The van der Waals surface area contributed by atoms with E-state index in [0.717, 1.165) is 16.6 Å². The second kappa shape index (κ2) is 13.9. The van der Waals surface area contributed by atoms with Crippen LogP contribution < -0.4 is 5.32 Å². The van der Waals surface area contributed by atoms with Gasteiger partial charge in [0.25, 0.3) is 5.91 Å². The van der Waals surface area contributed by atoms with Crippen molar-refractivity contribution in [2.75, 3.05) is 39.6 Å². The molecule has 0 aliphatic carbocycles. The lowest BCUT2D eigenvalue weighted by Crippen LogP contribution is -2.39. The number of nitrogens with one attached hydrogen (secondary N) is 2. The molecule has 198 valence electrons. The molecular weight excluding hydrogens is 474 g/mol. The fourth-order valence-electron chi connectivity index (χ4n) is 4.44. The first-order chi connectivity index (χ1) is 18.2. The Balaban J connectivity index is 1.45. The monoisotopic (exact) mass is 509 g/mol. The van der Waals surface area contributed by atoms with Gasteiger partial charge in [0.15, 0.2) is 5.76 Å². The van der Waals surface area contributed by atoms with Crippen LogP contribution in [0.1, 0.15) is 30.7 Å². The minimum absolute atomic E-state index is 0.00523. The van der Waals surface area contributed by atoms with Gasteiger partial charge in [0.2, 0.25) is 6.29 Å². The molecule has 2 heterocycles. The van der Waals surface area contributed by atoms with Crippen molar-refractivity contribution in [3.63, 3.8) is 0 Å². The second-order valence-corrected chi connectivity index (χ2v) is 8.69. The molecular formula is C28H35N3O6. The number of aliphatic hydroxyl groups excluding tert-OH is 1. The quantitative estimate of drug-likeness (QED) is 0.286. The Bertz CT molecular complexity index is 1120. The third-order valence-corrected chi connectivity index (χ3v) is 6.18. The number of hydrogen-bond acceptors (Lipinski definition) is 7. The molecule has 0 unspecified atom stereocenters. The van der Waals surface area contributed by atoms with Crippen LogP contribution in [0.4, 0.5) is 0 Å². The molecule has 0 saturated carbocycles. The number of H-pyrrole nitrogens is 1. The molecule has 3 atom stereocenters. The Kier molecular flexibility index (Phi) is 10.1. The predicted octanol–water partition coefficient (Wildman–Crippen LogP) is 3.27. The molecule has 9 nitrogen and oxygen atoms in total. The van der Waals surface area contributed by atoms with Crippen LogP contribution in [0.3, 0.4) is 0 Å². The van der Waals surface area contributed by atoms with Gasteiger partial charge in [-0.05, 0) is 37.1 Å². The van der Waals surface area contributed by atoms with Gasteiger partial charge < -0.3 is 34.4 Å². The number of rotatable bonds is 14. The highest BCUT2D eigenvalue weighted by Crippen LogP contribution is 2.38. The molecule has 37 heavy (non-hydrogen) atoms. The molecule has 3 aromatic rings. The Morgan fingerprint density at radius 2 is 1.81 bits per heavy atom. The summed E-state index contributed by atoms with van der Waals surface area (Å²) in [5.74, 6) is 0.449. The largest absolute Gasteiger partial charge is 0.459 e. The van der Waals surface area contributed by atoms with Crippen LogP contribution in [-0.2, 0) is 30.3 Å². The van der Waals surface area contributed by atoms with E-state index < -0.39 is 6.29 Å². The van der Waals surface area contributed by atoms with E-state index in [1.807, 2.05) is 55.5 Å². The van der Waals surface area contributed by atoms with Crippen LogP contribution in [0.25, 0.3) is 11.0 Å². The highest BCUT2D eigenvalue weighted by Gasteiger charge is 2.38. The molecule has 4 rings (SSSR count). The average molecular weight is 510 g/mol. The number of carbonyl (C=O) groups is 1. The maximum atomic E-state index is 13.1. The first kappa shape index (κ1) is 26.8. The van der Waals surface area contributed by atoms with Crippen LogP contribution in [0.15, 0.2) is 66.4 Å². The zero-order valence-corrected chi connectivity index (χ0v) is 21.1. The number of para-hydroxylation sites is 2. The number of benzene rings is 2. The number of aliphatic hydroxyl groups is 1. The van der Waals surface area contributed by atoms with Gasteiger partial charge in [-0.25, -0.2) is 4.98 Å². The Morgan fingerprint density at radius 1 is 1.05 bits per heavy atom. The topological polar surface area (TPSA) is 115 Å². The number of aromatic nitrogens is 2. The molecule has 0 spiro atoms. The Hall–Kier alpha value is -3.24. The summed E-state index contributed by atoms with van der Waals surface area (Å²) in [4.78, 5) is 20.9. The maximum absolute atomic E-state index is 13.1. The summed E-state index contributed by atoms with van der Waals surface area (Å²) in [6.07, 6.45) is 1.96. The van der Waals surface area contributed by atoms with Crippen LogP contribution in [0, 0.1) is 5.92 Å². The molecule has 0 radical (unpaired) electrons. The molecule has 1 amide bonds. The summed E-state index contributed by atoms with van der Waals surface area (Å²) in [6.45, 7) is 4.26. The van der Waals surface area contributed by atoms with Gasteiger partial charge >= 0.3 is 0 Å². The van der Waals surface area contributed by atoms with E-state index in [2.05, 4.69) is 27.4 Å². The first-order valence-corrected chi connectivity index (χ1v) is 12.7. The third kappa shape index (κ3) is 7.39. The van der Waals surface area contributed by atoms with Gasteiger partial charge in [-0.2, -0.15) is 0 Å². The highest BCUT2D eigenvalue weighted by molar-refractivity contribution is 5.91. The zero-order valence-electron chi connectivity index (χ0n) is 21.1. The predicted molar refractivity (Wildman–Crippen MR) is 139 cm³/mol. The number of hydrogen-bond donors (Lipinski definition) is 3. The number of aromatic amines is 1. The lowest BCUT2D eigenvalue weighted by atomic mass is 9.81. The van der Waals surface area contributed by atoms with Crippen LogP contribution in [0.2, 0.25) is 0 Å². The van der Waals surface area contributed by atoms with Crippen LogP contribution in [0.5, 0.6) is 0 Å². The van der Waals surface area contributed by atoms with E-state index in [9.17, 15) is 4.79 Å². The summed E-state index contributed by atoms with van der Waals surface area (Å²) in [7, 11) is 0. The number of ether oxygens (including phenoxy) is 4. The first-order valence-electron chi connectivity index (χ1n) is 12.7. The minimum atomic E-state index is -0.596. The lowest BCUT2D eigenvalue weighted by Gasteiger charge is -2.37. The summed E-state index contributed by atoms with van der Waals surface area (Å²) in [5.41, 5.74) is 2.85. The van der Waals surface area contributed by atoms with Crippen molar-refractivity contribution in [3.05, 3.63) is 77.8 Å². The SMILES string of the molecule is CCO[C@H]1OC(C(=O)NCc2nc3ccccc3[nH]2)=C[C@@H](c2ccccc2)[C@H]1CCOCCOCCO. The van der Waals surface area contributed by atoms with E-state index in [0.29, 0.717) is 45.3 Å². The lowest BCUT2D eigenvalue weighted by molar-refractivity contribution is -0.168. The van der Waals surface area contributed by atoms with Gasteiger partial charge in [0.05, 0.1) is 44.0 Å². The van der Waals surface area contributed by atoms with E-state index >= 15 is 0 Å². The Labute approximate surface area is 216 Å². The van der Waals surface area contributed by atoms with Gasteiger partial charge in [0, 0.05) is 25.0 Å². The second-order valence-electron chi connectivity index (χ2n) is 8.69. The van der Waals surface area contributed by atoms with Gasteiger partial charge in [-0.3, -0.25) is 4.79 Å². The summed E-state index contributed by atoms with van der Waals surface area (Å²) >= 11 is 0. The number of carbonyl (C=O) groups excluding carboxylic acids is 1. The smallest absolute Gasteiger partial charge is 0.286 e. The van der Waals surface area contributed by atoms with Crippen molar-refractivity contribution in [1.82, 2.24) is 15.3 Å². The van der Waals surface area contributed by atoms with Crippen molar-refractivity contribution in [3.8, 4) is 0 Å². The number of nitrogens with zero attached hydrogens (tertiary/aromatic N) is 1. The van der Waals surface area contributed by atoms with E-state index in [1.54, 1.807) is 0 Å². The van der Waals surface area contributed by atoms with Crippen LogP contribution >= 0.6 is 0 Å². The van der Waals surface area contributed by atoms with Crippen molar-refractivity contribution < 1.29 is 28.8 Å². The molecule has 0 fully saturated rings. The molecule has 3 N–H and O–H groups in total. The minimum Gasteiger partial charge on any atom is -0.459 e. The van der Waals surface area contributed by atoms with Crippen molar-refractivity contribution in [2.24, 2.45) is 5.92 Å². The molecule has 2 aromatic carbocycles. The highest BCUT2D eigenvalue weighted by atomic mass is 16.7. The van der Waals surface area contributed by atoms with Crippen LogP contribution in [-0.4, -0.2) is 66.9 Å². The molecule has 1 aromatic heterocycles. The number of imidazole rings is 1. The van der Waals surface area contributed by atoms with E-state index in [4.69, 9.17) is 24.1 Å². The average Bonchev–Trinajstić information content (AvgIpc) is 3.35. The standard InChI is InChI=1S/C28H35N3O6/c1-2-36-28-21(12-14-34-16-17-35-15-13-32)22(20-8-4-3-5-9-20)18-25(37-28)27(33)29-19-26-30-23-10-6-7-11-24(23)31-26/h3-11,18,21-22,28,32H,2,12-17,19H2,1H3,(H,29,33)(H,30,31)/t21-,22+,28+/m1/s1.